The Labute approximate surface area is 164 Å². The zero-order valence-electron chi connectivity index (χ0n) is 15.3. The molecule has 0 fully saturated rings. The number of hydrogen-bond donors (Lipinski definition) is 1. The molecule has 27 heavy (non-hydrogen) atoms. The summed E-state index contributed by atoms with van der Waals surface area (Å²) in [7, 11) is 0. The van der Waals surface area contributed by atoms with Gasteiger partial charge in [0.25, 0.3) is 5.56 Å². The third-order valence-electron chi connectivity index (χ3n) is 4.41. The van der Waals surface area contributed by atoms with Gasteiger partial charge in [0.05, 0.1) is 17.1 Å². The number of halogens is 1. The van der Waals surface area contributed by atoms with E-state index in [-0.39, 0.29) is 11.0 Å². The van der Waals surface area contributed by atoms with Crippen molar-refractivity contribution in [3.8, 4) is 0 Å². The van der Waals surface area contributed by atoms with E-state index in [1.165, 1.54) is 4.68 Å². The standard InChI is InChI=1S/C21H19BrN4O/c1-21(2,3)20-25-18-9-8-14(22)10-16(18)19(27)26(20)24-12-13-11-23-17-7-5-4-6-15(13)17/h4-12,23H,1-3H3. The summed E-state index contributed by atoms with van der Waals surface area (Å²) in [6.07, 6.45) is 3.60. The van der Waals surface area contributed by atoms with Crippen LogP contribution in [0, 0.1) is 0 Å². The Hall–Kier alpha value is -2.73. The lowest BCUT2D eigenvalue weighted by atomic mass is 9.95. The molecule has 0 amide bonds. The summed E-state index contributed by atoms with van der Waals surface area (Å²) in [5.41, 5.74) is 2.11. The van der Waals surface area contributed by atoms with Gasteiger partial charge in [-0.3, -0.25) is 4.79 Å². The van der Waals surface area contributed by atoms with Crippen LogP contribution in [0.3, 0.4) is 0 Å². The SMILES string of the molecule is CC(C)(C)c1nc2ccc(Br)cc2c(=O)n1N=Cc1c[nH]c2ccccc12. The van der Waals surface area contributed by atoms with Crippen LogP contribution in [0.15, 0.2) is 63.0 Å². The Bertz CT molecular complexity index is 1240. The lowest BCUT2D eigenvalue weighted by Gasteiger charge is -2.20. The molecule has 0 aliphatic heterocycles. The highest BCUT2D eigenvalue weighted by Gasteiger charge is 2.22. The molecule has 0 aliphatic carbocycles. The van der Waals surface area contributed by atoms with Gasteiger partial charge in [-0.2, -0.15) is 9.78 Å². The van der Waals surface area contributed by atoms with E-state index in [4.69, 9.17) is 4.98 Å². The first-order valence-corrected chi connectivity index (χ1v) is 9.47. The summed E-state index contributed by atoms with van der Waals surface area (Å²) in [4.78, 5) is 21.1. The van der Waals surface area contributed by atoms with Crippen molar-refractivity contribution in [2.75, 3.05) is 0 Å². The van der Waals surface area contributed by atoms with Gasteiger partial charge in [0.2, 0.25) is 0 Å². The van der Waals surface area contributed by atoms with E-state index in [9.17, 15) is 4.79 Å². The highest BCUT2D eigenvalue weighted by molar-refractivity contribution is 9.10. The Balaban J connectivity index is 1.94. The van der Waals surface area contributed by atoms with Gasteiger partial charge in [-0.15, -0.1) is 0 Å². The molecule has 0 aliphatic rings. The molecule has 0 bridgehead atoms. The second-order valence-corrected chi connectivity index (χ2v) is 8.41. The van der Waals surface area contributed by atoms with Crippen molar-refractivity contribution in [3.63, 3.8) is 0 Å². The molecule has 5 nitrogen and oxygen atoms in total. The number of rotatable bonds is 2. The van der Waals surface area contributed by atoms with Crippen LogP contribution in [0.25, 0.3) is 21.8 Å². The van der Waals surface area contributed by atoms with Gasteiger partial charge in [-0.05, 0) is 24.3 Å². The van der Waals surface area contributed by atoms with Gasteiger partial charge in [-0.1, -0.05) is 54.9 Å². The molecule has 2 aromatic carbocycles. The largest absolute Gasteiger partial charge is 0.361 e. The van der Waals surface area contributed by atoms with Gasteiger partial charge >= 0.3 is 0 Å². The van der Waals surface area contributed by atoms with E-state index >= 15 is 0 Å². The molecule has 0 saturated heterocycles. The van der Waals surface area contributed by atoms with Crippen molar-refractivity contribution in [1.82, 2.24) is 14.6 Å². The number of nitrogens with zero attached hydrogens (tertiary/aromatic N) is 3. The van der Waals surface area contributed by atoms with E-state index in [1.54, 1.807) is 12.3 Å². The van der Waals surface area contributed by atoms with Crippen molar-refractivity contribution < 1.29 is 0 Å². The van der Waals surface area contributed by atoms with Gasteiger partial charge in [0.1, 0.15) is 5.82 Å². The minimum Gasteiger partial charge on any atom is -0.361 e. The highest BCUT2D eigenvalue weighted by atomic mass is 79.9. The molecular weight excluding hydrogens is 404 g/mol. The second kappa shape index (κ2) is 6.46. The van der Waals surface area contributed by atoms with E-state index in [0.717, 1.165) is 20.9 Å². The maximum absolute atomic E-state index is 13.2. The smallest absolute Gasteiger partial charge is 0.282 e. The van der Waals surface area contributed by atoms with Crippen molar-refractivity contribution in [1.29, 1.82) is 0 Å². The van der Waals surface area contributed by atoms with Crippen LogP contribution in [-0.4, -0.2) is 20.9 Å². The summed E-state index contributed by atoms with van der Waals surface area (Å²) in [6.45, 7) is 6.07. The van der Waals surface area contributed by atoms with Crippen LogP contribution in [0.4, 0.5) is 0 Å². The molecule has 0 unspecified atom stereocenters. The lowest BCUT2D eigenvalue weighted by molar-refractivity contribution is 0.506. The fourth-order valence-corrected chi connectivity index (χ4v) is 3.42. The first-order valence-electron chi connectivity index (χ1n) is 8.68. The Morgan fingerprint density at radius 3 is 2.70 bits per heavy atom. The maximum Gasteiger partial charge on any atom is 0.282 e. The van der Waals surface area contributed by atoms with Crippen LogP contribution in [0.5, 0.6) is 0 Å². The van der Waals surface area contributed by atoms with Gasteiger partial charge in [0.15, 0.2) is 0 Å². The van der Waals surface area contributed by atoms with Crippen molar-refractivity contribution in [2.45, 2.75) is 26.2 Å². The van der Waals surface area contributed by atoms with Crippen LogP contribution in [0.2, 0.25) is 0 Å². The predicted octanol–water partition coefficient (Wildman–Crippen LogP) is 4.82. The first kappa shape index (κ1) is 17.7. The third-order valence-corrected chi connectivity index (χ3v) is 4.91. The molecule has 0 saturated carbocycles. The third kappa shape index (κ3) is 3.21. The van der Waals surface area contributed by atoms with Crippen molar-refractivity contribution in [2.24, 2.45) is 5.10 Å². The van der Waals surface area contributed by atoms with Gasteiger partial charge in [0, 0.05) is 32.6 Å². The summed E-state index contributed by atoms with van der Waals surface area (Å²) in [5.74, 6) is 0.624. The Morgan fingerprint density at radius 1 is 1.15 bits per heavy atom. The number of fused-ring (bicyclic) bond motifs is 2. The first-order chi connectivity index (χ1) is 12.8. The van der Waals surface area contributed by atoms with Crippen LogP contribution in [-0.2, 0) is 5.41 Å². The molecule has 4 rings (SSSR count). The monoisotopic (exact) mass is 422 g/mol. The summed E-state index contributed by atoms with van der Waals surface area (Å²) in [5, 5.41) is 6.12. The second-order valence-electron chi connectivity index (χ2n) is 7.50. The van der Waals surface area contributed by atoms with E-state index < -0.39 is 0 Å². The zero-order valence-corrected chi connectivity index (χ0v) is 16.9. The van der Waals surface area contributed by atoms with Crippen LogP contribution < -0.4 is 5.56 Å². The molecule has 0 atom stereocenters. The van der Waals surface area contributed by atoms with E-state index in [1.807, 2.05) is 63.4 Å². The highest BCUT2D eigenvalue weighted by Crippen LogP contribution is 2.23. The summed E-state index contributed by atoms with van der Waals surface area (Å²) < 4.78 is 2.25. The average Bonchev–Trinajstić information content (AvgIpc) is 3.03. The van der Waals surface area contributed by atoms with Crippen molar-refractivity contribution >= 4 is 44.0 Å². The number of hydrogen-bond acceptors (Lipinski definition) is 3. The normalized spacial score (nSPS) is 12.4. The molecule has 0 radical (unpaired) electrons. The molecular formula is C21H19BrN4O. The number of nitrogens with one attached hydrogen (secondary N) is 1. The molecule has 2 aromatic heterocycles. The predicted molar refractivity (Wildman–Crippen MR) is 114 cm³/mol. The molecule has 1 N–H and O–H groups in total. The maximum atomic E-state index is 13.2. The number of H-pyrrole nitrogens is 1. The zero-order chi connectivity index (χ0) is 19.2. The Kier molecular flexibility index (Phi) is 4.23. The fourth-order valence-electron chi connectivity index (χ4n) is 3.06. The molecule has 2 heterocycles. The Morgan fingerprint density at radius 2 is 1.93 bits per heavy atom. The van der Waals surface area contributed by atoms with Gasteiger partial charge < -0.3 is 4.98 Å². The number of aromatic nitrogens is 3. The van der Waals surface area contributed by atoms with Crippen molar-refractivity contribution in [3.05, 3.63) is 74.9 Å². The van der Waals surface area contributed by atoms with E-state index in [0.29, 0.717) is 16.7 Å². The quantitative estimate of drug-likeness (QED) is 0.470. The molecule has 4 aromatic rings. The summed E-state index contributed by atoms with van der Waals surface area (Å²) >= 11 is 3.43. The summed E-state index contributed by atoms with van der Waals surface area (Å²) in [6, 6.07) is 13.5. The van der Waals surface area contributed by atoms with Crippen LogP contribution >= 0.6 is 15.9 Å². The molecule has 0 spiro atoms. The van der Waals surface area contributed by atoms with Gasteiger partial charge in [-0.25, -0.2) is 4.98 Å². The average molecular weight is 423 g/mol. The lowest BCUT2D eigenvalue weighted by Crippen LogP contribution is -2.29. The number of para-hydroxylation sites is 1. The minimum atomic E-state index is -0.335. The minimum absolute atomic E-state index is 0.178. The fraction of sp³-hybridized carbons (Fsp3) is 0.190. The molecule has 136 valence electrons. The topological polar surface area (TPSA) is 63.0 Å². The number of aromatic amines is 1. The number of benzene rings is 2. The van der Waals surface area contributed by atoms with Crippen LogP contribution in [0.1, 0.15) is 32.2 Å². The molecule has 6 heteroatoms. The van der Waals surface area contributed by atoms with E-state index in [2.05, 4.69) is 26.0 Å².